The molecule has 146 valence electrons. The lowest BCUT2D eigenvalue weighted by Gasteiger charge is -2.35. The predicted molar refractivity (Wildman–Crippen MR) is 111 cm³/mol. The van der Waals surface area contributed by atoms with Crippen molar-refractivity contribution in [1.29, 1.82) is 0 Å². The Morgan fingerprint density at radius 1 is 0.862 bits per heavy atom. The smallest absolute Gasteiger partial charge is 0.257 e. The van der Waals surface area contributed by atoms with Crippen molar-refractivity contribution in [2.24, 2.45) is 0 Å². The lowest BCUT2D eigenvalue weighted by Crippen LogP contribution is -2.49. The molecule has 0 saturated carbocycles. The largest absolute Gasteiger partial charge is 0.353 e. The number of nitrogens with one attached hydrogen (secondary N) is 1. The number of nitrogens with zero attached hydrogens (tertiary/aromatic N) is 4. The minimum absolute atomic E-state index is 0.118. The molecule has 0 aliphatic carbocycles. The number of anilines is 2. The van der Waals surface area contributed by atoms with E-state index in [-0.39, 0.29) is 11.8 Å². The molecule has 1 fully saturated rings. The first-order valence-corrected chi connectivity index (χ1v) is 9.47. The van der Waals surface area contributed by atoms with Crippen molar-refractivity contribution in [3.05, 3.63) is 84.3 Å². The Morgan fingerprint density at radius 3 is 2.31 bits per heavy atom. The summed E-state index contributed by atoms with van der Waals surface area (Å²) >= 11 is 0. The molecule has 1 aliphatic heterocycles. The second kappa shape index (κ2) is 8.52. The van der Waals surface area contributed by atoms with Crippen LogP contribution < -0.4 is 10.2 Å². The highest BCUT2D eigenvalue weighted by atomic mass is 16.2. The summed E-state index contributed by atoms with van der Waals surface area (Å²) < 4.78 is 0. The number of carbonyl (C=O) groups is 2. The van der Waals surface area contributed by atoms with Crippen molar-refractivity contribution >= 4 is 23.3 Å². The SMILES string of the molecule is O=C(Nc1ccccc1)c1cncc(C(=O)N2CCN(c3ccccn3)CC2)c1. The van der Waals surface area contributed by atoms with Crippen LogP contribution in [0.4, 0.5) is 11.5 Å². The molecule has 2 aromatic heterocycles. The third-order valence-corrected chi connectivity index (χ3v) is 4.82. The zero-order valence-corrected chi connectivity index (χ0v) is 15.9. The molecule has 7 nitrogen and oxygen atoms in total. The lowest BCUT2D eigenvalue weighted by atomic mass is 10.1. The van der Waals surface area contributed by atoms with Gasteiger partial charge in [-0.3, -0.25) is 14.6 Å². The van der Waals surface area contributed by atoms with Crippen molar-refractivity contribution in [3.8, 4) is 0 Å². The van der Waals surface area contributed by atoms with Crippen LogP contribution in [0.15, 0.2) is 73.2 Å². The zero-order chi connectivity index (χ0) is 20.1. The van der Waals surface area contributed by atoms with Gasteiger partial charge in [-0.05, 0) is 30.3 Å². The summed E-state index contributed by atoms with van der Waals surface area (Å²) in [6, 6.07) is 16.6. The van der Waals surface area contributed by atoms with E-state index in [0.717, 1.165) is 5.82 Å². The number of hydrogen-bond donors (Lipinski definition) is 1. The van der Waals surface area contributed by atoms with E-state index in [1.807, 2.05) is 36.4 Å². The minimum Gasteiger partial charge on any atom is -0.353 e. The van der Waals surface area contributed by atoms with Gasteiger partial charge in [0.2, 0.25) is 0 Å². The average molecular weight is 387 g/mol. The Bertz CT molecular complexity index is 986. The number of carbonyl (C=O) groups excluding carboxylic acids is 2. The highest BCUT2D eigenvalue weighted by Crippen LogP contribution is 2.15. The van der Waals surface area contributed by atoms with Gasteiger partial charge in [0.1, 0.15) is 5.82 Å². The first-order chi connectivity index (χ1) is 14.2. The molecule has 1 N–H and O–H groups in total. The van der Waals surface area contributed by atoms with Gasteiger partial charge in [-0.1, -0.05) is 24.3 Å². The van der Waals surface area contributed by atoms with E-state index in [4.69, 9.17) is 0 Å². The first kappa shape index (κ1) is 18.6. The van der Waals surface area contributed by atoms with E-state index in [2.05, 4.69) is 20.2 Å². The highest BCUT2D eigenvalue weighted by Gasteiger charge is 2.23. The average Bonchev–Trinajstić information content (AvgIpc) is 2.80. The van der Waals surface area contributed by atoms with Crippen LogP contribution in [0.5, 0.6) is 0 Å². The third kappa shape index (κ3) is 4.40. The molecule has 1 aliphatic rings. The van der Waals surface area contributed by atoms with Gasteiger partial charge in [0.05, 0.1) is 11.1 Å². The van der Waals surface area contributed by atoms with Crippen molar-refractivity contribution in [3.63, 3.8) is 0 Å². The van der Waals surface area contributed by atoms with Gasteiger partial charge < -0.3 is 15.1 Å². The summed E-state index contributed by atoms with van der Waals surface area (Å²) in [5.74, 6) is 0.506. The number of rotatable bonds is 4. The van der Waals surface area contributed by atoms with Crippen LogP contribution in [0, 0.1) is 0 Å². The van der Waals surface area contributed by atoms with Crippen molar-refractivity contribution < 1.29 is 9.59 Å². The Morgan fingerprint density at radius 2 is 1.59 bits per heavy atom. The van der Waals surface area contributed by atoms with Crippen molar-refractivity contribution in [2.45, 2.75) is 0 Å². The summed E-state index contributed by atoms with van der Waals surface area (Å²) in [6.45, 7) is 2.61. The van der Waals surface area contributed by atoms with E-state index >= 15 is 0 Å². The van der Waals surface area contributed by atoms with E-state index in [1.54, 1.807) is 29.3 Å². The number of aromatic nitrogens is 2. The Balaban J connectivity index is 1.40. The van der Waals surface area contributed by atoms with E-state index in [1.165, 1.54) is 12.4 Å². The van der Waals surface area contributed by atoms with Crippen molar-refractivity contribution in [1.82, 2.24) is 14.9 Å². The van der Waals surface area contributed by atoms with Gasteiger partial charge in [0.15, 0.2) is 0 Å². The molecule has 0 atom stereocenters. The molecule has 1 saturated heterocycles. The van der Waals surface area contributed by atoms with Crippen LogP contribution in [0.3, 0.4) is 0 Å². The van der Waals surface area contributed by atoms with Crippen LogP contribution >= 0.6 is 0 Å². The van der Waals surface area contributed by atoms with Gasteiger partial charge in [-0.15, -0.1) is 0 Å². The second-order valence-corrected chi connectivity index (χ2v) is 6.75. The predicted octanol–water partition coefficient (Wildman–Crippen LogP) is 2.69. The molecule has 0 unspecified atom stereocenters. The molecule has 3 heterocycles. The fraction of sp³-hybridized carbons (Fsp3) is 0.182. The third-order valence-electron chi connectivity index (χ3n) is 4.82. The fourth-order valence-electron chi connectivity index (χ4n) is 3.27. The molecular formula is C22H21N5O2. The zero-order valence-electron chi connectivity index (χ0n) is 15.9. The van der Waals surface area contributed by atoms with Crippen LogP contribution in [0.25, 0.3) is 0 Å². The number of pyridine rings is 2. The maximum Gasteiger partial charge on any atom is 0.257 e. The molecule has 2 amide bonds. The standard InChI is InChI=1S/C22H21N5O2/c28-21(25-19-6-2-1-3-7-19)17-14-18(16-23-15-17)22(29)27-12-10-26(11-13-27)20-8-4-5-9-24-20/h1-9,14-16H,10-13H2,(H,25,28). The quantitative estimate of drug-likeness (QED) is 0.745. The topological polar surface area (TPSA) is 78.4 Å². The Labute approximate surface area is 169 Å². The van der Waals surface area contributed by atoms with Gasteiger partial charge in [-0.25, -0.2) is 4.98 Å². The monoisotopic (exact) mass is 387 g/mol. The normalized spacial score (nSPS) is 13.8. The van der Waals surface area contributed by atoms with Gasteiger partial charge in [-0.2, -0.15) is 0 Å². The second-order valence-electron chi connectivity index (χ2n) is 6.75. The highest BCUT2D eigenvalue weighted by molar-refractivity contribution is 6.05. The maximum atomic E-state index is 12.9. The molecule has 0 spiro atoms. The molecule has 29 heavy (non-hydrogen) atoms. The first-order valence-electron chi connectivity index (χ1n) is 9.47. The molecule has 3 aromatic rings. The summed E-state index contributed by atoms with van der Waals surface area (Å²) in [5.41, 5.74) is 1.46. The number of para-hydroxylation sites is 1. The molecular weight excluding hydrogens is 366 g/mol. The van der Waals surface area contributed by atoms with Gasteiger partial charge in [0, 0.05) is 50.5 Å². The van der Waals surface area contributed by atoms with Gasteiger partial charge in [0.25, 0.3) is 11.8 Å². The van der Waals surface area contributed by atoms with Crippen molar-refractivity contribution in [2.75, 3.05) is 36.4 Å². The number of hydrogen-bond acceptors (Lipinski definition) is 5. The number of benzene rings is 1. The molecule has 0 bridgehead atoms. The van der Waals surface area contributed by atoms with Crippen LogP contribution in [0.2, 0.25) is 0 Å². The molecule has 7 heteroatoms. The Hall–Kier alpha value is -3.74. The molecule has 4 rings (SSSR count). The summed E-state index contributed by atoms with van der Waals surface area (Å²) in [7, 11) is 0. The van der Waals surface area contributed by atoms with Crippen LogP contribution in [-0.4, -0.2) is 52.9 Å². The van der Waals surface area contributed by atoms with Crippen LogP contribution in [0.1, 0.15) is 20.7 Å². The molecule has 1 aromatic carbocycles. The van der Waals surface area contributed by atoms with Crippen LogP contribution in [-0.2, 0) is 0 Å². The van der Waals surface area contributed by atoms with Gasteiger partial charge >= 0.3 is 0 Å². The summed E-state index contributed by atoms with van der Waals surface area (Å²) in [6.07, 6.45) is 4.74. The number of amides is 2. The summed E-state index contributed by atoms with van der Waals surface area (Å²) in [5, 5.41) is 2.81. The minimum atomic E-state index is -0.293. The fourth-order valence-corrected chi connectivity index (χ4v) is 3.27. The Kier molecular flexibility index (Phi) is 5.47. The molecule has 0 radical (unpaired) electrons. The number of piperazine rings is 1. The lowest BCUT2D eigenvalue weighted by molar-refractivity contribution is 0.0746. The summed E-state index contributed by atoms with van der Waals surface area (Å²) in [4.78, 5) is 37.8. The van der Waals surface area contributed by atoms with E-state index in [9.17, 15) is 9.59 Å². The van der Waals surface area contributed by atoms with E-state index in [0.29, 0.717) is 43.0 Å². The van der Waals surface area contributed by atoms with E-state index < -0.39 is 0 Å². The maximum absolute atomic E-state index is 12.9.